The van der Waals surface area contributed by atoms with Crippen molar-refractivity contribution in [2.75, 3.05) is 238 Å². The Morgan fingerprint density at radius 3 is 1.56 bits per heavy atom. The average molecular weight is 1250 g/mol. The van der Waals surface area contributed by atoms with Gasteiger partial charge in [-0.15, -0.1) is 5.10 Å². The first kappa shape index (κ1) is 72.2. The first-order chi connectivity index (χ1) is 43.9. The van der Waals surface area contributed by atoms with Crippen molar-refractivity contribution in [3.05, 3.63) is 71.6 Å². The predicted molar refractivity (Wildman–Crippen MR) is 327 cm³/mol. The first-order valence-corrected chi connectivity index (χ1v) is 31.1. The fraction of sp³-hybridized carbons (Fsp3) is 0.661. The molecule has 3 aromatic heterocycles. The summed E-state index contributed by atoms with van der Waals surface area (Å²) in [6.45, 7) is 22.3. The lowest BCUT2D eigenvalue weighted by molar-refractivity contribution is -0.126. The second-order valence-corrected chi connectivity index (χ2v) is 20.4. The lowest BCUT2D eigenvalue weighted by Gasteiger charge is -2.34. The van der Waals surface area contributed by atoms with Gasteiger partial charge >= 0.3 is 0 Å². The molecule has 2 N–H and O–H groups in total. The zero-order valence-electron chi connectivity index (χ0n) is 52.2. The zero-order chi connectivity index (χ0) is 62.6. The maximum atomic E-state index is 13.8. The van der Waals surface area contributed by atoms with Crippen molar-refractivity contribution in [3.8, 4) is 17.6 Å². The number of hydrogen-bond acceptors (Lipinski definition) is 23. The molecular formula is C62H94N10O17. The summed E-state index contributed by atoms with van der Waals surface area (Å²) >= 11 is 0. The van der Waals surface area contributed by atoms with Crippen molar-refractivity contribution >= 4 is 34.1 Å². The minimum absolute atomic E-state index is 0.0767. The number of piperazine rings is 1. The average Bonchev–Trinajstić information content (AvgIpc) is 1.72. The highest BCUT2D eigenvalue weighted by molar-refractivity contribution is 6.45. The van der Waals surface area contributed by atoms with Crippen molar-refractivity contribution in [1.29, 1.82) is 5.26 Å². The number of ketones is 1. The number of unbranched alkanes of at least 4 members (excludes halogenated alkanes) is 1. The van der Waals surface area contributed by atoms with Crippen LogP contribution in [0.15, 0.2) is 54.6 Å². The number of Topliss-reactive ketones (excluding diaryl/α,β-unsaturated/α-hetero) is 1. The predicted octanol–water partition coefficient (Wildman–Crippen LogP) is 3.30. The second-order valence-electron chi connectivity index (χ2n) is 20.4. The van der Waals surface area contributed by atoms with Crippen LogP contribution < -0.4 is 10.1 Å². The highest BCUT2D eigenvalue weighted by atomic mass is 16.6. The third-order valence-corrected chi connectivity index (χ3v) is 14.3. The number of nitrogens with zero attached hydrogens (tertiary/aromatic N) is 8. The van der Waals surface area contributed by atoms with Gasteiger partial charge in [-0.05, 0) is 50.3 Å². The molecule has 0 unspecified atom stereocenters. The van der Waals surface area contributed by atoms with Gasteiger partial charge in [0.2, 0.25) is 5.82 Å². The van der Waals surface area contributed by atoms with E-state index >= 15 is 0 Å². The number of methoxy groups -OCH3 is 1. The third kappa shape index (κ3) is 27.6. The van der Waals surface area contributed by atoms with E-state index in [0.29, 0.717) is 214 Å². The van der Waals surface area contributed by atoms with Gasteiger partial charge in [0, 0.05) is 71.8 Å². The van der Waals surface area contributed by atoms with Crippen molar-refractivity contribution < 1.29 is 80.7 Å². The number of H-pyrrole nitrogens is 1. The molecule has 494 valence electrons. The molecule has 4 aromatic rings. The fourth-order valence-corrected chi connectivity index (χ4v) is 9.47. The fourth-order valence-electron chi connectivity index (χ4n) is 9.47. The van der Waals surface area contributed by atoms with E-state index in [1.165, 1.54) is 35.4 Å². The van der Waals surface area contributed by atoms with Crippen LogP contribution in [0.1, 0.15) is 59.1 Å². The van der Waals surface area contributed by atoms with Crippen molar-refractivity contribution in [2.45, 2.75) is 32.6 Å². The van der Waals surface area contributed by atoms with Gasteiger partial charge in [-0.1, -0.05) is 30.3 Å². The Kier molecular flexibility index (Phi) is 36.8. The molecule has 0 atom stereocenters. The van der Waals surface area contributed by atoms with Gasteiger partial charge in [0.05, 0.1) is 200 Å². The maximum Gasteiger partial charge on any atom is 0.295 e. The molecule has 2 fully saturated rings. The number of fused-ring (bicyclic) bond motifs is 1. The van der Waals surface area contributed by atoms with Gasteiger partial charge in [0.15, 0.2) is 5.82 Å². The molecule has 1 aromatic carbocycles. The SMILES string of the molecule is CCOCCOCCOCCOCCOCCOCCOCCOCCOCCOCCOCCOCCCCN1CCN(CCOCCNC(=O)c2ncn(-c3ncc(OC)c4c(C(=O)C(=O)N5CCC(=C(C#N)c6ccccc6)CC5)c[nH]c34)n2)CC1. The van der Waals surface area contributed by atoms with Gasteiger partial charge in [-0.25, -0.2) is 9.97 Å². The number of likely N-dealkylation sites (tertiary alicyclic amines) is 1. The van der Waals surface area contributed by atoms with E-state index in [9.17, 15) is 19.6 Å². The molecule has 27 nitrogen and oxygen atoms in total. The number of aromatic amines is 1. The lowest BCUT2D eigenvalue weighted by atomic mass is 9.93. The molecule has 2 amide bonds. The van der Waals surface area contributed by atoms with Crippen LogP contribution in [0.4, 0.5) is 0 Å². The summed E-state index contributed by atoms with van der Waals surface area (Å²) in [6.07, 6.45) is 7.26. The second kappa shape index (κ2) is 45.4. The number of hydrogen-bond donors (Lipinski definition) is 2. The smallest absolute Gasteiger partial charge is 0.295 e. The van der Waals surface area contributed by atoms with Crippen molar-refractivity contribution in [2.24, 2.45) is 0 Å². The molecule has 2 saturated heterocycles. The Hall–Kier alpha value is -5.91. The van der Waals surface area contributed by atoms with E-state index in [1.807, 2.05) is 37.3 Å². The van der Waals surface area contributed by atoms with Crippen LogP contribution in [-0.4, -0.2) is 295 Å². The number of amides is 2. The van der Waals surface area contributed by atoms with E-state index in [0.717, 1.165) is 63.2 Å². The van der Waals surface area contributed by atoms with Crippen molar-refractivity contribution in [1.82, 2.24) is 44.7 Å². The molecule has 0 radical (unpaired) electrons. The van der Waals surface area contributed by atoms with Crippen LogP contribution in [0.25, 0.3) is 22.3 Å². The van der Waals surface area contributed by atoms with E-state index in [1.54, 1.807) is 0 Å². The number of pyridine rings is 1. The Morgan fingerprint density at radius 1 is 0.584 bits per heavy atom. The molecule has 89 heavy (non-hydrogen) atoms. The van der Waals surface area contributed by atoms with Crippen LogP contribution in [0, 0.1) is 11.3 Å². The summed E-state index contributed by atoms with van der Waals surface area (Å²) in [4.78, 5) is 58.5. The Morgan fingerprint density at radius 2 is 1.07 bits per heavy atom. The van der Waals surface area contributed by atoms with Gasteiger partial charge in [0.1, 0.15) is 12.1 Å². The Balaban J connectivity index is 0.673. The topological polar surface area (TPSA) is 285 Å². The highest BCUT2D eigenvalue weighted by Crippen LogP contribution is 2.33. The maximum absolute atomic E-state index is 13.8. The van der Waals surface area contributed by atoms with Crippen LogP contribution >= 0.6 is 0 Å². The number of carbonyl (C=O) groups is 3. The Bertz CT molecular complexity index is 2640. The monoisotopic (exact) mass is 1250 g/mol. The van der Waals surface area contributed by atoms with E-state index < -0.39 is 17.6 Å². The molecule has 6 rings (SSSR count). The third-order valence-electron chi connectivity index (χ3n) is 14.3. The van der Waals surface area contributed by atoms with Crippen LogP contribution in [0.2, 0.25) is 0 Å². The number of piperidine rings is 1. The lowest BCUT2D eigenvalue weighted by Crippen LogP contribution is -2.47. The molecule has 27 heteroatoms. The van der Waals surface area contributed by atoms with Crippen molar-refractivity contribution in [3.63, 3.8) is 0 Å². The normalized spacial score (nSPS) is 14.0. The number of ether oxygens (including phenoxy) is 14. The molecular weight excluding hydrogens is 1160 g/mol. The zero-order valence-corrected chi connectivity index (χ0v) is 52.2. The number of allylic oxidation sites excluding steroid dienone is 1. The van der Waals surface area contributed by atoms with E-state index in [-0.39, 0.29) is 29.5 Å². The molecule has 2 aliphatic rings. The van der Waals surface area contributed by atoms with Gasteiger partial charge in [-0.3, -0.25) is 19.3 Å². The molecule has 0 spiro atoms. The van der Waals surface area contributed by atoms with Gasteiger partial charge < -0.3 is 86.4 Å². The number of nitrogens with one attached hydrogen (secondary N) is 2. The Labute approximate surface area is 522 Å². The summed E-state index contributed by atoms with van der Waals surface area (Å²) in [5.74, 6) is -1.40. The van der Waals surface area contributed by atoms with Gasteiger partial charge in [0.25, 0.3) is 17.6 Å². The molecule has 0 saturated carbocycles. The van der Waals surface area contributed by atoms with Crippen LogP contribution in [0.3, 0.4) is 0 Å². The van der Waals surface area contributed by atoms with E-state index in [4.69, 9.17) is 66.3 Å². The van der Waals surface area contributed by atoms with Gasteiger partial charge in [-0.2, -0.15) is 9.94 Å². The molecule has 5 heterocycles. The van der Waals surface area contributed by atoms with E-state index in [2.05, 4.69) is 41.2 Å². The van der Waals surface area contributed by atoms with Crippen LogP contribution in [0.5, 0.6) is 5.75 Å². The molecule has 2 aliphatic heterocycles. The van der Waals surface area contributed by atoms with Crippen LogP contribution in [-0.2, 0) is 66.4 Å². The minimum Gasteiger partial charge on any atom is -0.494 e. The summed E-state index contributed by atoms with van der Waals surface area (Å²) in [5.41, 5.74) is 2.87. The summed E-state index contributed by atoms with van der Waals surface area (Å²) in [5, 5.41) is 17.4. The summed E-state index contributed by atoms with van der Waals surface area (Å²) < 4.78 is 78.9. The summed E-state index contributed by atoms with van der Waals surface area (Å²) in [6, 6.07) is 11.8. The highest BCUT2D eigenvalue weighted by Gasteiger charge is 2.31. The number of nitriles is 1. The number of aromatic nitrogens is 5. The first-order valence-electron chi connectivity index (χ1n) is 31.1. The number of carbonyl (C=O) groups excluding carboxylic acids is 3. The minimum atomic E-state index is -0.714. The summed E-state index contributed by atoms with van der Waals surface area (Å²) in [7, 11) is 1.45. The number of rotatable bonds is 51. The molecule has 0 bridgehead atoms. The quantitative estimate of drug-likeness (QED) is 0.0278. The molecule has 0 aliphatic carbocycles. The standard InChI is InChI=1S/C62H94N10O17/c1-3-77-25-26-80-29-30-82-33-34-84-37-38-86-41-42-88-45-46-89-44-43-87-40-39-85-36-35-83-32-31-81-28-27-78-22-8-7-14-69-17-19-70(20-18-69)21-24-79-23-13-64-61(74)59-67-50-72(68-59)60-57-56(55(76-2)49-66-60)54(48-65-57)58(73)62(75)71-15-11-52(12-16-71)53(47-63)51-9-5-4-6-10-51/h4-6,9-10,48-50,65H,3,7-8,11-46H2,1-2H3,(H,64,74). The largest absolute Gasteiger partial charge is 0.494 e. The number of benzene rings is 1.